The maximum Gasteiger partial charge on any atom is 0.251 e. The van der Waals surface area contributed by atoms with Crippen LogP contribution in [0.25, 0.3) is 0 Å². The molecule has 1 spiro atoms. The van der Waals surface area contributed by atoms with E-state index in [2.05, 4.69) is 21.2 Å². The van der Waals surface area contributed by atoms with Gasteiger partial charge in [-0.25, -0.2) is 0 Å². The number of ether oxygens (including phenoxy) is 2. The third kappa shape index (κ3) is 4.15. The summed E-state index contributed by atoms with van der Waals surface area (Å²) in [5, 5.41) is 2.79. The molecule has 7 heteroatoms. The number of halogens is 1. The van der Waals surface area contributed by atoms with Crippen molar-refractivity contribution in [2.45, 2.75) is 25.0 Å². The van der Waals surface area contributed by atoms with Crippen molar-refractivity contribution >= 4 is 27.7 Å². The van der Waals surface area contributed by atoms with Crippen LogP contribution in [0.2, 0.25) is 0 Å². The highest BCUT2D eigenvalue weighted by molar-refractivity contribution is 9.10. The molecule has 2 heterocycles. The van der Waals surface area contributed by atoms with E-state index in [4.69, 9.17) is 9.47 Å². The number of amides is 2. The lowest BCUT2D eigenvalue weighted by molar-refractivity contribution is -0.187. The second-order valence-corrected chi connectivity index (χ2v) is 6.92. The van der Waals surface area contributed by atoms with Crippen molar-refractivity contribution in [1.82, 2.24) is 10.2 Å². The SMILES string of the molecule is O=C(NCCC(=O)N1CCC2(CC1)OCCO2)c1ccc(Br)cc1. The van der Waals surface area contributed by atoms with Crippen molar-refractivity contribution in [2.24, 2.45) is 0 Å². The molecule has 2 fully saturated rings. The number of nitrogens with one attached hydrogen (secondary N) is 1. The van der Waals surface area contributed by atoms with Gasteiger partial charge in [0.15, 0.2) is 5.79 Å². The van der Waals surface area contributed by atoms with E-state index in [9.17, 15) is 9.59 Å². The van der Waals surface area contributed by atoms with E-state index in [0.29, 0.717) is 57.7 Å². The number of piperidine rings is 1. The van der Waals surface area contributed by atoms with E-state index < -0.39 is 5.79 Å². The second kappa shape index (κ2) is 7.63. The molecular weight excluding hydrogens is 376 g/mol. The molecule has 6 nitrogen and oxygen atoms in total. The van der Waals surface area contributed by atoms with Gasteiger partial charge in [0.2, 0.25) is 5.91 Å². The normalized spacial score (nSPS) is 19.5. The van der Waals surface area contributed by atoms with Crippen molar-refractivity contribution in [3.63, 3.8) is 0 Å². The molecule has 0 radical (unpaired) electrons. The molecule has 0 atom stereocenters. The first-order valence-corrected chi connectivity index (χ1v) is 8.97. The molecule has 3 rings (SSSR count). The molecule has 130 valence electrons. The number of carbonyl (C=O) groups is 2. The van der Waals surface area contributed by atoms with Gasteiger partial charge in [-0.15, -0.1) is 0 Å². The average Bonchev–Trinajstić information content (AvgIpc) is 3.04. The average molecular weight is 397 g/mol. The zero-order valence-corrected chi connectivity index (χ0v) is 15.0. The summed E-state index contributed by atoms with van der Waals surface area (Å²) in [4.78, 5) is 26.1. The lowest BCUT2D eigenvalue weighted by atomic mass is 10.0. The van der Waals surface area contributed by atoms with E-state index in [-0.39, 0.29) is 11.8 Å². The topological polar surface area (TPSA) is 67.9 Å². The predicted octanol–water partition coefficient (Wildman–Crippen LogP) is 1.93. The molecule has 0 saturated carbocycles. The Kier molecular flexibility index (Phi) is 5.53. The van der Waals surface area contributed by atoms with Gasteiger partial charge in [-0.1, -0.05) is 15.9 Å². The third-order valence-electron chi connectivity index (χ3n) is 4.42. The molecule has 0 aromatic heterocycles. The highest BCUT2D eigenvalue weighted by Crippen LogP contribution is 2.31. The summed E-state index contributed by atoms with van der Waals surface area (Å²) in [6, 6.07) is 7.12. The van der Waals surface area contributed by atoms with Crippen molar-refractivity contribution in [2.75, 3.05) is 32.8 Å². The lowest BCUT2D eigenvalue weighted by Gasteiger charge is -2.37. The van der Waals surface area contributed by atoms with Gasteiger partial charge in [-0.05, 0) is 24.3 Å². The molecule has 1 aromatic carbocycles. The van der Waals surface area contributed by atoms with Crippen molar-refractivity contribution in [1.29, 1.82) is 0 Å². The first-order chi connectivity index (χ1) is 11.6. The first-order valence-electron chi connectivity index (χ1n) is 8.17. The predicted molar refractivity (Wildman–Crippen MR) is 91.5 cm³/mol. The molecule has 2 saturated heterocycles. The number of hydrogen-bond donors (Lipinski definition) is 1. The first kappa shape index (κ1) is 17.4. The summed E-state index contributed by atoms with van der Waals surface area (Å²) in [5.41, 5.74) is 0.584. The van der Waals surface area contributed by atoms with E-state index in [0.717, 1.165) is 4.47 Å². The highest BCUT2D eigenvalue weighted by atomic mass is 79.9. The number of likely N-dealkylation sites (tertiary alicyclic amines) is 1. The van der Waals surface area contributed by atoms with Crippen LogP contribution < -0.4 is 5.32 Å². The Morgan fingerprint density at radius 1 is 1.12 bits per heavy atom. The number of benzene rings is 1. The number of nitrogens with zero attached hydrogens (tertiary/aromatic N) is 1. The van der Waals surface area contributed by atoms with Gasteiger partial charge in [0.25, 0.3) is 5.91 Å². The molecule has 2 aliphatic rings. The smallest absolute Gasteiger partial charge is 0.251 e. The van der Waals surface area contributed by atoms with Crippen LogP contribution in [0, 0.1) is 0 Å². The van der Waals surface area contributed by atoms with Gasteiger partial charge < -0.3 is 19.7 Å². The van der Waals surface area contributed by atoms with E-state index in [1.165, 1.54) is 0 Å². The quantitative estimate of drug-likeness (QED) is 0.844. The van der Waals surface area contributed by atoms with Gasteiger partial charge in [-0.3, -0.25) is 9.59 Å². The molecule has 1 aromatic rings. The summed E-state index contributed by atoms with van der Waals surface area (Å²) in [7, 11) is 0. The Morgan fingerprint density at radius 2 is 1.75 bits per heavy atom. The van der Waals surface area contributed by atoms with E-state index in [1.807, 2.05) is 17.0 Å². The Labute approximate surface area is 149 Å². The fourth-order valence-corrected chi connectivity index (χ4v) is 3.29. The second-order valence-electron chi connectivity index (χ2n) is 6.00. The highest BCUT2D eigenvalue weighted by Gasteiger charge is 2.40. The molecule has 2 amide bonds. The van der Waals surface area contributed by atoms with Crippen LogP contribution in [-0.2, 0) is 14.3 Å². The zero-order valence-electron chi connectivity index (χ0n) is 13.4. The van der Waals surface area contributed by atoms with Crippen LogP contribution >= 0.6 is 15.9 Å². The summed E-state index contributed by atoms with van der Waals surface area (Å²) in [6.07, 6.45) is 1.73. The van der Waals surface area contributed by atoms with Gasteiger partial charge >= 0.3 is 0 Å². The molecule has 1 N–H and O–H groups in total. The fourth-order valence-electron chi connectivity index (χ4n) is 3.03. The minimum atomic E-state index is -0.466. The van der Waals surface area contributed by atoms with Gasteiger partial charge in [-0.2, -0.15) is 0 Å². The number of rotatable bonds is 4. The fraction of sp³-hybridized carbons (Fsp3) is 0.529. The Morgan fingerprint density at radius 3 is 2.38 bits per heavy atom. The summed E-state index contributed by atoms with van der Waals surface area (Å²) >= 11 is 3.33. The maximum atomic E-state index is 12.3. The van der Waals surface area contributed by atoms with Crippen LogP contribution in [0.4, 0.5) is 0 Å². The van der Waals surface area contributed by atoms with Crippen molar-refractivity contribution in [3.8, 4) is 0 Å². The summed E-state index contributed by atoms with van der Waals surface area (Å²) < 4.78 is 12.2. The van der Waals surface area contributed by atoms with Crippen molar-refractivity contribution in [3.05, 3.63) is 34.3 Å². The van der Waals surface area contributed by atoms with Crippen LogP contribution in [0.5, 0.6) is 0 Å². The molecule has 24 heavy (non-hydrogen) atoms. The zero-order chi connectivity index (χ0) is 17.0. The Hall–Kier alpha value is -1.44. The van der Waals surface area contributed by atoms with Gasteiger partial charge in [0.1, 0.15) is 0 Å². The largest absolute Gasteiger partial charge is 0.352 e. The van der Waals surface area contributed by atoms with E-state index >= 15 is 0 Å². The number of carbonyl (C=O) groups excluding carboxylic acids is 2. The molecular formula is C17H21BrN2O4. The minimum absolute atomic E-state index is 0.0546. The van der Waals surface area contributed by atoms with Crippen LogP contribution in [0.3, 0.4) is 0 Å². The standard InChI is InChI=1S/C17H21BrN2O4/c18-14-3-1-13(2-4-14)16(22)19-8-5-15(21)20-9-6-17(7-10-20)23-11-12-24-17/h1-4H,5-12H2,(H,19,22). The lowest BCUT2D eigenvalue weighted by Crippen LogP contribution is -2.47. The van der Waals surface area contributed by atoms with Crippen LogP contribution in [0.1, 0.15) is 29.6 Å². The Balaban J connectivity index is 1.40. The monoisotopic (exact) mass is 396 g/mol. The van der Waals surface area contributed by atoms with E-state index in [1.54, 1.807) is 12.1 Å². The van der Waals surface area contributed by atoms with Gasteiger partial charge in [0, 0.05) is 48.9 Å². The summed E-state index contributed by atoms with van der Waals surface area (Å²) in [5.74, 6) is -0.577. The molecule has 0 unspecified atom stereocenters. The number of hydrogen-bond acceptors (Lipinski definition) is 4. The Bertz CT molecular complexity index is 589. The minimum Gasteiger partial charge on any atom is -0.352 e. The maximum absolute atomic E-state index is 12.3. The van der Waals surface area contributed by atoms with Crippen LogP contribution in [-0.4, -0.2) is 55.3 Å². The van der Waals surface area contributed by atoms with Crippen LogP contribution in [0.15, 0.2) is 28.7 Å². The molecule has 0 aliphatic carbocycles. The molecule has 0 bridgehead atoms. The van der Waals surface area contributed by atoms with Crippen molar-refractivity contribution < 1.29 is 19.1 Å². The summed E-state index contributed by atoms with van der Waals surface area (Å²) in [6.45, 7) is 2.88. The molecule has 2 aliphatic heterocycles. The van der Waals surface area contributed by atoms with Gasteiger partial charge in [0.05, 0.1) is 13.2 Å². The third-order valence-corrected chi connectivity index (χ3v) is 4.95.